The number of hydrogen-bond donors (Lipinski definition) is 0. The molecule has 0 aromatic carbocycles. The molecular formula is C9H19FS. The number of hydrogen-bond acceptors (Lipinski definition) is 1. The van der Waals surface area contributed by atoms with Gasteiger partial charge >= 0.3 is 0 Å². The Hall–Kier alpha value is 0.280. The van der Waals surface area contributed by atoms with Crippen LogP contribution in [0.3, 0.4) is 0 Å². The topological polar surface area (TPSA) is 0 Å². The van der Waals surface area contributed by atoms with Crippen LogP contribution in [0.15, 0.2) is 0 Å². The number of rotatable bonds is 8. The van der Waals surface area contributed by atoms with E-state index in [2.05, 4.69) is 6.92 Å². The highest BCUT2D eigenvalue weighted by Gasteiger charge is 1.89. The number of alkyl halides is 1. The van der Waals surface area contributed by atoms with Gasteiger partial charge in [0.1, 0.15) is 6.01 Å². The highest BCUT2D eigenvalue weighted by Crippen LogP contribution is 2.09. The van der Waals surface area contributed by atoms with E-state index in [1.807, 2.05) is 0 Å². The van der Waals surface area contributed by atoms with Crippen LogP contribution in [0.1, 0.15) is 45.4 Å². The molecule has 0 bridgehead atoms. The van der Waals surface area contributed by atoms with Gasteiger partial charge in [-0.15, -0.1) is 11.8 Å². The number of halogens is 1. The van der Waals surface area contributed by atoms with Crippen LogP contribution in [0, 0.1) is 0 Å². The van der Waals surface area contributed by atoms with Crippen LogP contribution in [0.5, 0.6) is 0 Å². The van der Waals surface area contributed by atoms with Crippen LogP contribution < -0.4 is 0 Å². The van der Waals surface area contributed by atoms with Gasteiger partial charge in [0, 0.05) is 0 Å². The van der Waals surface area contributed by atoms with Gasteiger partial charge in [-0.05, 0) is 12.2 Å². The van der Waals surface area contributed by atoms with E-state index in [1.54, 1.807) is 0 Å². The molecule has 0 fully saturated rings. The van der Waals surface area contributed by atoms with Crippen molar-refractivity contribution in [3.63, 3.8) is 0 Å². The fourth-order valence-corrected chi connectivity index (χ4v) is 1.56. The molecule has 0 aliphatic rings. The Morgan fingerprint density at radius 1 is 1.00 bits per heavy atom. The Morgan fingerprint density at radius 3 is 2.27 bits per heavy atom. The lowest BCUT2D eigenvalue weighted by atomic mass is 10.1. The largest absolute Gasteiger partial charge is 0.239 e. The zero-order valence-electron chi connectivity index (χ0n) is 7.44. The predicted molar refractivity (Wildman–Crippen MR) is 51.8 cm³/mol. The van der Waals surface area contributed by atoms with Crippen molar-refractivity contribution in [1.29, 1.82) is 0 Å². The highest BCUT2D eigenvalue weighted by atomic mass is 32.2. The Balaban J connectivity index is 2.69. The van der Waals surface area contributed by atoms with Gasteiger partial charge in [0.25, 0.3) is 0 Å². The van der Waals surface area contributed by atoms with Crippen molar-refractivity contribution in [3.05, 3.63) is 0 Å². The van der Waals surface area contributed by atoms with Crippen molar-refractivity contribution in [2.45, 2.75) is 45.4 Å². The second kappa shape index (κ2) is 10.3. The van der Waals surface area contributed by atoms with Gasteiger partial charge in [0.05, 0.1) is 0 Å². The standard InChI is InChI=1S/C9H19FS/c1-2-3-4-5-6-7-8-11-9-10/h2-9H2,1H3. The summed E-state index contributed by atoms with van der Waals surface area (Å²) in [6.45, 7) is 2.22. The lowest BCUT2D eigenvalue weighted by Gasteiger charge is -1.98. The maximum atomic E-state index is 11.6. The number of thioether (sulfide) groups is 1. The minimum Gasteiger partial charge on any atom is -0.239 e. The summed E-state index contributed by atoms with van der Waals surface area (Å²) in [4.78, 5) is 0. The summed E-state index contributed by atoms with van der Waals surface area (Å²) in [7, 11) is 0. The molecule has 11 heavy (non-hydrogen) atoms. The van der Waals surface area contributed by atoms with E-state index in [1.165, 1.54) is 50.3 Å². The molecule has 0 N–H and O–H groups in total. The van der Waals surface area contributed by atoms with Crippen LogP contribution in [-0.4, -0.2) is 11.8 Å². The summed E-state index contributed by atoms with van der Waals surface area (Å²) in [6, 6.07) is -0.213. The van der Waals surface area contributed by atoms with Gasteiger partial charge in [-0.25, -0.2) is 4.39 Å². The Labute approximate surface area is 73.9 Å². The molecular weight excluding hydrogens is 159 g/mol. The van der Waals surface area contributed by atoms with E-state index in [-0.39, 0.29) is 6.01 Å². The molecule has 0 aliphatic heterocycles. The average Bonchev–Trinajstić information content (AvgIpc) is 2.03. The van der Waals surface area contributed by atoms with Crippen LogP contribution in [0.25, 0.3) is 0 Å². The Bertz CT molecular complexity index is 58.6. The molecule has 2 heteroatoms. The van der Waals surface area contributed by atoms with Gasteiger partial charge in [-0.1, -0.05) is 39.0 Å². The summed E-state index contributed by atoms with van der Waals surface area (Å²) < 4.78 is 11.6. The maximum absolute atomic E-state index is 11.6. The van der Waals surface area contributed by atoms with Crippen molar-refractivity contribution >= 4 is 11.8 Å². The summed E-state index contributed by atoms with van der Waals surface area (Å²) in [6.07, 6.45) is 7.83. The van der Waals surface area contributed by atoms with Crippen LogP contribution in [0.4, 0.5) is 4.39 Å². The molecule has 0 aliphatic carbocycles. The van der Waals surface area contributed by atoms with Crippen LogP contribution in [0.2, 0.25) is 0 Å². The first-order valence-corrected chi connectivity index (χ1v) is 5.71. The molecule has 0 heterocycles. The second-order valence-electron chi connectivity index (χ2n) is 2.79. The molecule has 68 valence electrons. The Kier molecular flexibility index (Phi) is 10.5. The minimum absolute atomic E-state index is 0.213. The molecule has 0 atom stereocenters. The number of unbranched alkanes of at least 4 members (excludes halogenated alkanes) is 5. The molecule has 0 aromatic rings. The fourth-order valence-electron chi connectivity index (χ4n) is 1.04. The summed E-state index contributed by atoms with van der Waals surface area (Å²) >= 11 is 1.41. The average molecular weight is 178 g/mol. The normalized spacial score (nSPS) is 10.4. The van der Waals surface area contributed by atoms with Gasteiger partial charge in [0.2, 0.25) is 0 Å². The first-order chi connectivity index (χ1) is 5.41. The van der Waals surface area contributed by atoms with E-state index in [0.29, 0.717) is 0 Å². The SMILES string of the molecule is CCCCCCCCSCF. The molecule has 0 radical (unpaired) electrons. The summed E-state index contributed by atoms with van der Waals surface area (Å²) in [5, 5.41) is 0. The van der Waals surface area contributed by atoms with E-state index >= 15 is 0 Å². The van der Waals surface area contributed by atoms with Crippen molar-refractivity contribution in [2.24, 2.45) is 0 Å². The highest BCUT2D eigenvalue weighted by molar-refractivity contribution is 7.99. The fraction of sp³-hybridized carbons (Fsp3) is 1.00. The molecule has 0 saturated heterocycles. The minimum atomic E-state index is -0.213. The van der Waals surface area contributed by atoms with Gasteiger partial charge in [-0.3, -0.25) is 0 Å². The van der Waals surface area contributed by atoms with E-state index in [4.69, 9.17) is 0 Å². The van der Waals surface area contributed by atoms with Gasteiger partial charge in [-0.2, -0.15) is 0 Å². The predicted octanol–water partition coefficient (Wildman–Crippen LogP) is 4.01. The lowest BCUT2D eigenvalue weighted by Crippen LogP contribution is -1.81. The maximum Gasteiger partial charge on any atom is 0.135 e. The zero-order chi connectivity index (χ0) is 8.36. The molecule has 0 nitrogen and oxygen atoms in total. The summed E-state index contributed by atoms with van der Waals surface area (Å²) in [5.74, 6) is 1.00. The quantitative estimate of drug-likeness (QED) is 0.506. The second-order valence-corrected chi connectivity index (χ2v) is 3.82. The molecule has 0 rings (SSSR count). The lowest BCUT2D eigenvalue weighted by molar-refractivity contribution is 0.602. The molecule has 0 amide bonds. The smallest absolute Gasteiger partial charge is 0.135 e. The van der Waals surface area contributed by atoms with Crippen LogP contribution >= 0.6 is 11.8 Å². The first-order valence-electron chi connectivity index (χ1n) is 4.55. The van der Waals surface area contributed by atoms with Crippen molar-refractivity contribution in [1.82, 2.24) is 0 Å². The van der Waals surface area contributed by atoms with E-state index in [0.717, 1.165) is 5.75 Å². The third-order valence-electron chi connectivity index (χ3n) is 1.72. The van der Waals surface area contributed by atoms with Crippen molar-refractivity contribution < 1.29 is 4.39 Å². The van der Waals surface area contributed by atoms with E-state index < -0.39 is 0 Å². The molecule has 0 saturated carbocycles. The van der Waals surface area contributed by atoms with Crippen molar-refractivity contribution in [3.8, 4) is 0 Å². The molecule has 0 spiro atoms. The third-order valence-corrected chi connectivity index (χ3v) is 2.45. The Morgan fingerprint density at radius 2 is 1.64 bits per heavy atom. The molecule has 0 aromatic heterocycles. The van der Waals surface area contributed by atoms with Gasteiger partial charge < -0.3 is 0 Å². The zero-order valence-corrected chi connectivity index (χ0v) is 8.26. The van der Waals surface area contributed by atoms with Crippen molar-refractivity contribution in [2.75, 3.05) is 11.8 Å². The van der Waals surface area contributed by atoms with E-state index in [9.17, 15) is 4.39 Å². The monoisotopic (exact) mass is 178 g/mol. The third kappa shape index (κ3) is 10.3. The summed E-state index contributed by atoms with van der Waals surface area (Å²) in [5.41, 5.74) is 0. The van der Waals surface area contributed by atoms with Crippen LogP contribution in [-0.2, 0) is 0 Å². The first kappa shape index (κ1) is 11.3. The van der Waals surface area contributed by atoms with Gasteiger partial charge in [0.15, 0.2) is 0 Å². The molecule has 0 unspecified atom stereocenters.